The summed E-state index contributed by atoms with van der Waals surface area (Å²) in [7, 11) is 0. The molecule has 0 saturated heterocycles. The fraction of sp³-hybridized carbons (Fsp3) is 0.308. The Balaban J connectivity index is 2.37. The molecule has 9 heteroatoms. The van der Waals surface area contributed by atoms with Crippen LogP contribution < -0.4 is 5.73 Å². The standard InChI is InChI=1S/C13H11F5IN3/c1-7-8(3-2-4-10(7)20)5-22-6-9(19)11(21-22)12(14,15)13(16,17)18/h2-4,6H,5,20H2,1H3. The zero-order chi connectivity index (χ0) is 16.7. The van der Waals surface area contributed by atoms with Crippen molar-refractivity contribution in [3.63, 3.8) is 0 Å². The van der Waals surface area contributed by atoms with Crippen LogP contribution in [0.4, 0.5) is 27.6 Å². The Morgan fingerprint density at radius 2 is 1.86 bits per heavy atom. The van der Waals surface area contributed by atoms with E-state index in [1.807, 2.05) is 0 Å². The second-order valence-corrected chi connectivity index (χ2v) is 5.89. The first-order valence-electron chi connectivity index (χ1n) is 6.06. The Bertz CT molecular complexity index is 693. The predicted octanol–water partition coefficient (Wildman–Crippen LogP) is 4.08. The molecular weight excluding hydrogens is 420 g/mol. The minimum absolute atomic E-state index is 0.0564. The fourth-order valence-corrected chi connectivity index (χ4v) is 2.64. The van der Waals surface area contributed by atoms with E-state index >= 15 is 0 Å². The number of nitrogens with zero attached hydrogens (tertiary/aromatic N) is 2. The summed E-state index contributed by atoms with van der Waals surface area (Å²) in [4.78, 5) is 0. The third-order valence-corrected chi connectivity index (χ3v) is 3.98. The van der Waals surface area contributed by atoms with Gasteiger partial charge in [-0.05, 0) is 46.7 Å². The summed E-state index contributed by atoms with van der Waals surface area (Å²) in [6.07, 6.45) is -4.53. The minimum Gasteiger partial charge on any atom is -0.399 e. The van der Waals surface area contributed by atoms with Crippen molar-refractivity contribution in [1.82, 2.24) is 9.78 Å². The number of hydrogen-bond acceptors (Lipinski definition) is 2. The van der Waals surface area contributed by atoms with Crippen LogP contribution in [0.25, 0.3) is 0 Å². The lowest BCUT2D eigenvalue weighted by atomic mass is 10.1. The maximum absolute atomic E-state index is 13.4. The van der Waals surface area contributed by atoms with E-state index in [0.717, 1.165) is 16.4 Å². The molecule has 2 aromatic rings. The van der Waals surface area contributed by atoms with E-state index in [4.69, 9.17) is 5.73 Å². The Labute approximate surface area is 136 Å². The first kappa shape index (κ1) is 17.0. The van der Waals surface area contributed by atoms with Gasteiger partial charge in [-0.1, -0.05) is 12.1 Å². The number of hydrogen-bond donors (Lipinski definition) is 1. The van der Waals surface area contributed by atoms with Gasteiger partial charge in [0.05, 0.1) is 10.1 Å². The zero-order valence-electron chi connectivity index (χ0n) is 11.3. The Hall–Kier alpha value is -1.39. The quantitative estimate of drug-likeness (QED) is 0.453. The molecule has 1 aromatic heterocycles. The first-order chi connectivity index (χ1) is 10.0. The van der Waals surface area contributed by atoms with Gasteiger partial charge in [0.15, 0.2) is 5.69 Å². The summed E-state index contributed by atoms with van der Waals surface area (Å²) in [5, 5.41) is 3.41. The summed E-state index contributed by atoms with van der Waals surface area (Å²) in [6.45, 7) is 1.80. The maximum Gasteiger partial charge on any atom is 0.459 e. The topological polar surface area (TPSA) is 43.8 Å². The van der Waals surface area contributed by atoms with Crippen LogP contribution in [-0.4, -0.2) is 16.0 Å². The number of alkyl halides is 5. The van der Waals surface area contributed by atoms with E-state index in [9.17, 15) is 22.0 Å². The highest BCUT2D eigenvalue weighted by atomic mass is 127. The lowest BCUT2D eigenvalue weighted by molar-refractivity contribution is -0.291. The molecule has 0 radical (unpaired) electrons. The van der Waals surface area contributed by atoms with Crippen LogP contribution in [0.5, 0.6) is 0 Å². The predicted molar refractivity (Wildman–Crippen MR) is 79.6 cm³/mol. The number of halogens is 6. The van der Waals surface area contributed by atoms with Crippen LogP contribution >= 0.6 is 22.6 Å². The average molecular weight is 431 g/mol. The summed E-state index contributed by atoms with van der Waals surface area (Å²) < 4.78 is 64.9. The molecule has 1 heterocycles. The van der Waals surface area contributed by atoms with Crippen molar-refractivity contribution in [2.45, 2.75) is 25.6 Å². The average Bonchev–Trinajstić information content (AvgIpc) is 2.75. The molecule has 0 aliphatic heterocycles. The molecule has 0 atom stereocenters. The lowest BCUT2D eigenvalue weighted by Gasteiger charge is -2.17. The monoisotopic (exact) mass is 431 g/mol. The highest BCUT2D eigenvalue weighted by Crippen LogP contribution is 2.44. The molecule has 0 unspecified atom stereocenters. The molecule has 0 amide bonds. The van der Waals surface area contributed by atoms with E-state index in [0.29, 0.717) is 11.3 Å². The second kappa shape index (κ2) is 5.67. The van der Waals surface area contributed by atoms with Crippen molar-refractivity contribution in [1.29, 1.82) is 0 Å². The molecule has 0 bridgehead atoms. The van der Waals surface area contributed by atoms with Gasteiger partial charge in [0.1, 0.15) is 0 Å². The van der Waals surface area contributed by atoms with Crippen molar-refractivity contribution >= 4 is 28.3 Å². The van der Waals surface area contributed by atoms with E-state index in [-0.39, 0.29) is 10.1 Å². The SMILES string of the molecule is Cc1c(N)cccc1Cn1cc(I)c(C(F)(F)C(F)(F)F)n1. The number of nitrogen functional groups attached to an aromatic ring is 1. The largest absolute Gasteiger partial charge is 0.459 e. The summed E-state index contributed by atoms with van der Waals surface area (Å²) in [5.41, 5.74) is 6.39. The van der Waals surface area contributed by atoms with Gasteiger partial charge < -0.3 is 5.73 Å². The van der Waals surface area contributed by atoms with Crippen LogP contribution in [0.15, 0.2) is 24.4 Å². The molecule has 0 aliphatic carbocycles. The molecule has 2 rings (SSSR count). The molecule has 22 heavy (non-hydrogen) atoms. The van der Waals surface area contributed by atoms with Crippen LogP contribution in [0, 0.1) is 10.5 Å². The van der Waals surface area contributed by atoms with Gasteiger partial charge in [-0.3, -0.25) is 4.68 Å². The van der Waals surface area contributed by atoms with Gasteiger partial charge in [-0.15, -0.1) is 0 Å². The molecule has 2 N–H and O–H groups in total. The normalized spacial score (nSPS) is 12.7. The third-order valence-electron chi connectivity index (χ3n) is 3.19. The molecule has 3 nitrogen and oxygen atoms in total. The van der Waals surface area contributed by atoms with Crippen LogP contribution in [0.1, 0.15) is 16.8 Å². The molecule has 0 spiro atoms. The highest BCUT2D eigenvalue weighted by Gasteiger charge is 2.61. The van der Waals surface area contributed by atoms with Crippen molar-refractivity contribution < 1.29 is 22.0 Å². The minimum atomic E-state index is -5.68. The van der Waals surface area contributed by atoms with Gasteiger partial charge in [-0.25, -0.2) is 0 Å². The lowest BCUT2D eigenvalue weighted by Crippen LogP contribution is -2.34. The van der Waals surface area contributed by atoms with E-state index in [2.05, 4.69) is 5.10 Å². The van der Waals surface area contributed by atoms with E-state index in [1.54, 1.807) is 25.1 Å². The van der Waals surface area contributed by atoms with E-state index < -0.39 is 17.8 Å². The first-order valence-corrected chi connectivity index (χ1v) is 7.14. The van der Waals surface area contributed by atoms with Gasteiger partial charge >= 0.3 is 12.1 Å². The van der Waals surface area contributed by atoms with Gasteiger partial charge in [0.2, 0.25) is 0 Å². The smallest absolute Gasteiger partial charge is 0.399 e. The third kappa shape index (κ3) is 3.03. The molecule has 120 valence electrons. The van der Waals surface area contributed by atoms with Crippen molar-refractivity contribution in [3.8, 4) is 0 Å². The number of aromatic nitrogens is 2. The second-order valence-electron chi connectivity index (χ2n) is 4.73. The Morgan fingerprint density at radius 3 is 2.45 bits per heavy atom. The van der Waals surface area contributed by atoms with Crippen molar-refractivity contribution in [2.75, 3.05) is 5.73 Å². The fourth-order valence-electron chi connectivity index (χ4n) is 1.87. The maximum atomic E-state index is 13.4. The molecule has 0 aliphatic rings. The van der Waals surface area contributed by atoms with Crippen molar-refractivity contribution in [3.05, 3.63) is 44.8 Å². The molecule has 0 saturated carbocycles. The van der Waals surface area contributed by atoms with Crippen molar-refractivity contribution in [2.24, 2.45) is 0 Å². The van der Waals surface area contributed by atoms with Crippen LogP contribution in [0.3, 0.4) is 0 Å². The summed E-state index contributed by atoms with van der Waals surface area (Å²) in [6, 6.07) is 5.06. The van der Waals surface area contributed by atoms with Crippen LogP contribution in [0.2, 0.25) is 0 Å². The number of rotatable bonds is 3. The summed E-state index contributed by atoms with van der Waals surface area (Å²) >= 11 is 1.42. The van der Waals surface area contributed by atoms with Gasteiger partial charge in [0, 0.05) is 11.9 Å². The van der Waals surface area contributed by atoms with Gasteiger partial charge in [-0.2, -0.15) is 27.1 Å². The summed E-state index contributed by atoms with van der Waals surface area (Å²) in [5.74, 6) is -4.99. The molecule has 0 fully saturated rings. The highest BCUT2D eigenvalue weighted by molar-refractivity contribution is 14.1. The Kier molecular flexibility index (Phi) is 4.37. The number of anilines is 1. The molecule has 1 aromatic carbocycles. The van der Waals surface area contributed by atoms with Crippen LogP contribution in [-0.2, 0) is 12.5 Å². The zero-order valence-corrected chi connectivity index (χ0v) is 13.4. The molecular formula is C13H11F5IN3. The Morgan fingerprint density at radius 1 is 1.23 bits per heavy atom. The van der Waals surface area contributed by atoms with E-state index in [1.165, 1.54) is 22.6 Å². The van der Waals surface area contributed by atoms with Gasteiger partial charge in [0.25, 0.3) is 0 Å². The number of benzene rings is 1. The number of nitrogens with two attached hydrogens (primary N) is 1.